The molecule has 1 saturated heterocycles. The molecule has 0 bridgehead atoms. The molecule has 1 aliphatic carbocycles. The van der Waals surface area contributed by atoms with Gasteiger partial charge >= 0.3 is 6.18 Å². The van der Waals surface area contributed by atoms with E-state index in [4.69, 9.17) is 0 Å². The van der Waals surface area contributed by atoms with Crippen LogP contribution in [0.4, 0.5) is 13.2 Å². The average molecular weight is 549 g/mol. The molecular weight excluding hydrogens is 513 g/mol. The highest BCUT2D eigenvalue weighted by molar-refractivity contribution is 5.49. The number of nitrogens with zero attached hydrogens (tertiary/aromatic N) is 6. The monoisotopic (exact) mass is 548 g/mol. The fourth-order valence-electron chi connectivity index (χ4n) is 4.63. The molecule has 0 atom stereocenters. The Morgan fingerprint density at radius 3 is 2.08 bits per heavy atom. The van der Waals surface area contributed by atoms with Crippen LogP contribution in [0.25, 0.3) is 11.8 Å². The highest BCUT2D eigenvalue weighted by Gasteiger charge is 2.35. The Kier molecular flexibility index (Phi) is 10.2. The van der Waals surface area contributed by atoms with Crippen LogP contribution in [0.5, 0.6) is 0 Å². The van der Waals surface area contributed by atoms with Gasteiger partial charge in [-0.2, -0.15) is 17.9 Å². The van der Waals surface area contributed by atoms with E-state index in [0.717, 1.165) is 62.9 Å². The van der Waals surface area contributed by atoms with Crippen molar-refractivity contribution in [2.24, 2.45) is 5.92 Å². The average Bonchev–Trinajstić information content (AvgIpc) is 3.19. The molecule has 2 aliphatic rings. The van der Waals surface area contributed by atoms with E-state index in [1.165, 1.54) is 28.8 Å². The van der Waals surface area contributed by atoms with Crippen molar-refractivity contribution in [1.82, 2.24) is 30.0 Å². The van der Waals surface area contributed by atoms with E-state index < -0.39 is 12.1 Å². The Morgan fingerprint density at radius 2 is 1.45 bits per heavy atom. The number of benzene rings is 2. The zero-order chi connectivity index (χ0) is 28.4. The van der Waals surface area contributed by atoms with Crippen molar-refractivity contribution < 1.29 is 13.2 Å². The summed E-state index contributed by atoms with van der Waals surface area (Å²) in [6.07, 6.45) is 8.50. The van der Waals surface area contributed by atoms with Crippen molar-refractivity contribution in [3.05, 3.63) is 114 Å². The molecule has 0 unspecified atom stereocenters. The summed E-state index contributed by atoms with van der Waals surface area (Å²) in [5.41, 5.74) is 4.73. The van der Waals surface area contributed by atoms with Crippen molar-refractivity contribution in [3.63, 3.8) is 0 Å². The first-order chi connectivity index (χ1) is 19.3. The van der Waals surface area contributed by atoms with E-state index in [1.54, 1.807) is 12.2 Å². The normalized spacial score (nSPS) is 16.7. The van der Waals surface area contributed by atoms with E-state index in [2.05, 4.69) is 93.8 Å². The number of alkyl halides is 3. The van der Waals surface area contributed by atoms with Crippen LogP contribution in [0.3, 0.4) is 0 Å². The third-order valence-electron chi connectivity index (χ3n) is 6.84. The summed E-state index contributed by atoms with van der Waals surface area (Å²) in [6.45, 7) is 10.1. The lowest BCUT2D eigenvalue weighted by Gasteiger charge is -2.33. The van der Waals surface area contributed by atoms with Gasteiger partial charge in [-0.1, -0.05) is 97.1 Å². The fraction of sp³-hybridized carbons (Fsp3) is 0.323. The third-order valence-corrected chi connectivity index (χ3v) is 6.84. The zero-order valence-electron chi connectivity index (χ0n) is 22.9. The summed E-state index contributed by atoms with van der Waals surface area (Å²) in [5.74, 6) is -0.530. The van der Waals surface area contributed by atoms with E-state index in [1.807, 2.05) is 10.7 Å². The number of aryl methyl sites for hydroxylation is 2. The van der Waals surface area contributed by atoms with Crippen LogP contribution >= 0.6 is 0 Å². The molecule has 6 nitrogen and oxygen atoms in total. The van der Waals surface area contributed by atoms with Crippen molar-refractivity contribution in [2.75, 3.05) is 32.7 Å². The number of para-hydroxylation sites is 1. The van der Waals surface area contributed by atoms with Crippen LogP contribution in [0.15, 0.2) is 91.1 Å². The molecule has 0 radical (unpaired) electrons. The second-order valence-corrected chi connectivity index (χ2v) is 9.86. The smallest absolute Gasteiger partial charge is 0.297 e. The Labute approximate surface area is 233 Å². The Balaban J connectivity index is 0.000000283. The third kappa shape index (κ3) is 8.34. The van der Waals surface area contributed by atoms with Gasteiger partial charge in [-0.3, -0.25) is 9.80 Å². The summed E-state index contributed by atoms with van der Waals surface area (Å²) in [6, 6.07) is 16.8. The summed E-state index contributed by atoms with van der Waals surface area (Å²) in [7, 11) is 0. The number of tetrazole rings is 1. The lowest BCUT2D eigenvalue weighted by Crippen LogP contribution is -2.46. The predicted octanol–water partition coefficient (Wildman–Crippen LogP) is 5.96. The molecule has 5 rings (SSSR count). The molecule has 0 saturated carbocycles. The van der Waals surface area contributed by atoms with Gasteiger partial charge in [0.15, 0.2) is 5.82 Å². The van der Waals surface area contributed by atoms with Crippen LogP contribution in [-0.2, 0) is 6.54 Å². The lowest BCUT2D eigenvalue weighted by atomic mass is 10.1. The number of halogens is 3. The minimum Gasteiger partial charge on any atom is -0.297 e. The second-order valence-electron chi connectivity index (χ2n) is 9.86. The van der Waals surface area contributed by atoms with Gasteiger partial charge in [-0.15, -0.1) is 5.10 Å². The summed E-state index contributed by atoms with van der Waals surface area (Å²) in [4.78, 5) is 4.93. The molecule has 40 heavy (non-hydrogen) atoms. The fourth-order valence-corrected chi connectivity index (χ4v) is 4.63. The quantitative estimate of drug-likeness (QED) is 0.381. The van der Waals surface area contributed by atoms with Crippen LogP contribution in [0.1, 0.15) is 22.5 Å². The zero-order valence-corrected chi connectivity index (χ0v) is 22.9. The summed E-state index contributed by atoms with van der Waals surface area (Å²) < 4.78 is 37.9. The number of aromatic nitrogens is 4. The molecule has 9 heteroatoms. The largest absolute Gasteiger partial charge is 0.398 e. The molecule has 0 amide bonds. The number of rotatable bonds is 6. The van der Waals surface area contributed by atoms with Gasteiger partial charge in [0, 0.05) is 32.7 Å². The molecule has 0 spiro atoms. The molecule has 2 aromatic carbocycles. The summed E-state index contributed by atoms with van der Waals surface area (Å²) >= 11 is 0. The standard InChI is InChI=1S/C23H28N6.C8H7F3/c1-19-8-6-9-20(2)23(19)29-22(24-25-26-29)18-28-16-14-27(15-17-28)13-7-12-21-10-4-3-5-11-21;9-8(10,11)7-5-3-1-2-4-6-7/h3-12H,13-18H2,1-2H3;1-7H/b12-7+;. The van der Waals surface area contributed by atoms with Crippen LogP contribution in [-0.4, -0.2) is 68.9 Å². The summed E-state index contributed by atoms with van der Waals surface area (Å²) in [5, 5.41) is 12.5. The molecule has 1 fully saturated rings. The van der Waals surface area contributed by atoms with Crippen molar-refractivity contribution in [2.45, 2.75) is 26.6 Å². The Bertz CT molecular complexity index is 1300. The highest BCUT2D eigenvalue weighted by atomic mass is 19.4. The maximum Gasteiger partial charge on any atom is 0.398 e. The van der Waals surface area contributed by atoms with E-state index in [-0.39, 0.29) is 0 Å². The first-order valence-corrected chi connectivity index (χ1v) is 13.4. The van der Waals surface area contributed by atoms with Gasteiger partial charge in [-0.25, -0.2) is 0 Å². The molecule has 3 aromatic rings. The molecule has 0 N–H and O–H groups in total. The van der Waals surface area contributed by atoms with E-state index >= 15 is 0 Å². The van der Waals surface area contributed by atoms with Crippen LogP contribution in [0, 0.1) is 19.8 Å². The number of piperazine rings is 1. The van der Waals surface area contributed by atoms with Crippen molar-refractivity contribution in [3.8, 4) is 5.69 Å². The number of hydrogen-bond donors (Lipinski definition) is 0. The van der Waals surface area contributed by atoms with Gasteiger partial charge in [0.25, 0.3) is 0 Å². The predicted molar refractivity (Wildman–Crippen MR) is 153 cm³/mol. The molecule has 1 aromatic heterocycles. The lowest BCUT2D eigenvalue weighted by molar-refractivity contribution is -0.148. The molecular formula is C31H35F3N6. The maximum absolute atomic E-state index is 12.0. The van der Waals surface area contributed by atoms with Gasteiger partial charge in [-0.05, 0) is 41.0 Å². The minimum absolute atomic E-state index is 0.772. The second kappa shape index (κ2) is 14.0. The van der Waals surface area contributed by atoms with Crippen LogP contribution < -0.4 is 0 Å². The molecule has 2 heterocycles. The maximum atomic E-state index is 12.0. The van der Waals surface area contributed by atoms with Gasteiger partial charge in [0.2, 0.25) is 0 Å². The first kappa shape index (κ1) is 29.2. The van der Waals surface area contributed by atoms with E-state index in [9.17, 15) is 13.2 Å². The number of hydrogen-bond acceptors (Lipinski definition) is 5. The first-order valence-electron chi connectivity index (χ1n) is 13.4. The van der Waals surface area contributed by atoms with Crippen molar-refractivity contribution >= 4 is 6.08 Å². The number of allylic oxidation sites excluding steroid dienone is 6. The molecule has 1 aliphatic heterocycles. The highest BCUT2D eigenvalue weighted by Crippen LogP contribution is 2.29. The van der Waals surface area contributed by atoms with Gasteiger partial charge < -0.3 is 0 Å². The SMILES string of the molecule is Cc1cccc(C)c1-n1nnnc1CN1CCN(C/C=C/c2ccccc2)CC1.FC(F)(F)C1C=CC=CC=C1. The topological polar surface area (TPSA) is 50.1 Å². The van der Waals surface area contributed by atoms with E-state index in [0.29, 0.717) is 0 Å². The molecule has 210 valence electrons. The van der Waals surface area contributed by atoms with Gasteiger partial charge in [0.1, 0.15) is 0 Å². The minimum atomic E-state index is -4.15. The van der Waals surface area contributed by atoms with Crippen molar-refractivity contribution in [1.29, 1.82) is 0 Å². The van der Waals surface area contributed by atoms with Crippen LogP contribution in [0.2, 0.25) is 0 Å². The van der Waals surface area contributed by atoms with Gasteiger partial charge in [0.05, 0.1) is 18.2 Å². The Hall–Kier alpha value is -3.82. The Morgan fingerprint density at radius 1 is 0.825 bits per heavy atom.